The van der Waals surface area contributed by atoms with Crippen LogP contribution < -0.4 is 10.5 Å². The SMILES string of the molecule is Cc1c(Cl)cc(S(N)(=O)=O)cc1C(=O)NCC(C)C. The van der Waals surface area contributed by atoms with Crippen molar-refractivity contribution < 1.29 is 13.2 Å². The first kappa shape index (κ1) is 15.9. The maximum atomic E-state index is 12.0. The number of halogens is 1. The van der Waals surface area contributed by atoms with Crippen LogP contribution in [0.15, 0.2) is 17.0 Å². The highest BCUT2D eigenvalue weighted by Crippen LogP contribution is 2.23. The van der Waals surface area contributed by atoms with E-state index in [2.05, 4.69) is 5.32 Å². The number of rotatable bonds is 4. The molecule has 0 spiro atoms. The highest BCUT2D eigenvalue weighted by molar-refractivity contribution is 7.89. The van der Waals surface area contributed by atoms with Crippen LogP contribution in [0.5, 0.6) is 0 Å². The lowest BCUT2D eigenvalue weighted by molar-refractivity contribution is 0.0948. The Morgan fingerprint density at radius 2 is 2.00 bits per heavy atom. The van der Waals surface area contributed by atoms with Gasteiger partial charge in [-0.15, -0.1) is 0 Å². The molecule has 0 bridgehead atoms. The van der Waals surface area contributed by atoms with Crippen LogP contribution in [0.1, 0.15) is 29.8 Å². The molecule has 106 valence electrons. The first-order chi connectivity index (χ1) is 8.62. The molecule has 5 nitrogen and oxygen atoms in total. The number of primary sulfonamides is 1. The van der Waals surface area contributed by atoms with E-state index in [1.807, 2.05) is 13.8 Å². The molecule has 0 radical (unpaired) electrons. The van der Waals surface area contributed by atoms with Crippen molar-refractivity contribution >= 4 is 27.5 Å². The van der Waals surface area contributed by atoms with Crippen LogP contribution in [0.4, 0.5) is 0 Å². The summed E-state index contributed by atoms with van der Waals surface area (Å²) in [5.41, 5.74) is 0.743. The fourth-order valence-corrected chi connectivity index (χ4v) is 2.29. The third kappa shape index (κ3) is 4.19. The Hall–Kier alpha value is -1.11. The van der Waals surface area contributed by atoms with Crippen molar-refractivity contribution in [1.82, 2.24) is 5.32 Å². The second-order valence-corrected chi connectivity index (χ2v) is 6.70. The molecule has 0 aromatic heterocycles. The summed E-state index contributed by atoms with van der Waals surface area (Å²) in [5, 5.41) is 7.96. The molecule has 3 N–H and O–H groups in total. The Balaban J connectivity index is 3.20. The molecule has 1 rings (SSSR count). The van der Waals surface area contributed by atoms with Crippen LogP contribution in [-0.2, 0) is 10.0 Å². The third-order valence-electron chi connectivity index (χ3n) is 2.56. The molecule has 19 heavy (non-hydrogen) atoms. The zero-order valence-electron chi connectivity index (χ0n) is 11.0. The average molecular weight is 305 g/mol. The van der Waals surface area contributed by atoms with Crippen LogP contribution in [0.3, 0.4) is 0 Å². The number of hydrogen-bond donors (Lipinski definition) is 2. The van der Waals surface area contributed by atoms with Crippen molar-refractivity contribution in [3.8, 4) is 0 Å². The number of hydrogen-bond acceptors (Lipinski definition) is 3. The fraction of sp³-hybridized carbons (Fsp3) is 0.417. The van der Waals surface area contributed by atoms with E-state index in [4.69, 9.17) is 16.7 Å². The molecule has 1 aromatic carbocycles. The van der Waals surface area contributed by atoms with Gasteiger partial charge in [0.05, 0.1) is 4.90 Å². The van der Waals surface area contributed by atoms with Gasteiger partial charge in [0.15, 0.2) is 0 Å². The predicted octanol–water partition coefficient (Wildman–Crippen LogP) is 1.68. The Labute approximate surface area is 118 Å². The largest absolute Gasteiger partial charge is 0.352 e. The molecule has 0 fully saturated rings. The predicted molar refractivity (Wildman–Crippen MR) is 74.7 cm³/mol. The van der Waals surface area contributed by atoms with Crippen molar-refractivity contribution in [3.63, 3.8) is 0 Å². The molecule has 0 saturated heterocycles. The summed E-state index contributed by atoms with van der Waals surface area (Å²) in [6.07, 6.45) is 0. The Morgan fingerprint density at radius 3 is 2.47 bits per heavy atom. The van der Waals surface area contributed by atoms with Gasteiger partial charge < -0.3 is 5.32 Å². The molecule has 0 heterocycles. The van der Waals surface area contributed by atoms with Crippen molar-refractivity contribution in [2.24, 2.45) is 11.1 Å². The van der Waals surface area contributed by atoms with Crippen LogP contribution >= 0.6 is 11.6 Å². The van der Waals surface area contributed by atoms with E-state index in [9.17, 15) is 13.2 Å². The van der Waals surface area contributed by atoms with Gasteiger partial charge in [0.25, 0.3) is 5.91 Å². The average Bonchev–Trinajstić information content (AvgIpc) is 2.27. The normalized spacial score (nSPS) is 11.7. The van der Waals surface area contributed by atoms with Gasteiger partial charge >= 0.3 is 0 Å². The first-order valence-corrected chi connectivity index (χ1v) is 7.66. The lowest BCUT2D eigenvalue weighted by Crippen LogP contribution is -2.28. The summed E-state index contributed by atoms with van der Waals surface area (Å²) in [4.78, 5) is 11.8. The zero-order chi connectivity index (χ0) is 14.8. The topological polar surface area (TPSA) is 89.3 Å². The van der Waals surface area contributed by atoms with Crippen LogP contribution in [0.2, 0.25) is 5.02 Å². The number of benzene rings is 1. The first-order valence-electron chi connectivity index (χ1n) is 5.74. The summed E-state index contributed by atoms with van der Waals surface area (Å²) < 4.78 is 22.6. The van der Waals surface area contributed by atoms with Gasteiger partial charge in [0.2, 0.25) is 10.0 Å². The molecular weight excluding hydrogens is 288 g/mol. The van der Waals surface area contributed by atoms with Gasteiger partial charge in [0, 0.05) is 17.1 Å². The lowest BCUT2D eigenvalue weighted by Gasteiger charge is -2.12. The highest BCUT2D eigenvalue weighted by Gasteiger charge is 2.17. The summed E-state index contributed by atoms with van der Waals surface area (Å²) in [7, 11) is -3.89. The molecule has 0 aliphatic heterocycles. The van der Waals surface area contributed by atoms with Crippen molar-refractivity contribution in [2.45, 2.75) is 25.7 Å². The van der Waals surface area contributed by atoms with Gasteiger partial charge in [0.1, 0.15) is 0 Å². The number of nitrogens with one attached hydrogen (secondary N) is 1. The number of nitrogens with two attached hydrogens (primary N) is 1. The fourth-order valence-electron chi connectivity index (χ4n) is 1.45. The van der Waals surface area contributed by atoms with Gasteiger partial charge in [-0.1, -0.05) is 25.4 Å². The quantitative estimate of drug-likeness (QED) is 0.887. The summed E-state index contributed by atoms with van der Waals surface area (Å²) in [6, 6.07) is 2.48. The monoisotopic (exact) mass is 304 g/mol. The second kappa shape index (κ2) is 5.90. The zero-order valence-corrected chi connectivity index (χ0v) is 12.6. The van der Waals surface area contributed by atoms with Gasteiger partial charge in [-0.05, 0) is 30.5 Å². The Bertz CT molecular complexity index is 597. The van der Waals surface area contributed by atoms with Crippen LogP contribution in [0.25, 0.3) is 0 Å². The van der Waals surface area contributed by atoms with Gasteiger partial charge in [-0.3, -0.25) is 4.79 Å². The Kier molecular flexibility index (Phi) is 4.95. The molecule has 0 atom stereocenters. The molecule has 0 aliphatic rings. The smallest absolute Gasteiger partial charge is 0.251 e. The van der Waals surface area contributed by atoms with Crippen molar-refractivity contribution in [2.75, 3.05) is 6.54 Å². The molecule has 0 unspecified atom stereocenters. The summed E-state index contributed by atoms with van der Waals surface area (Å²) in [6.45, 7) is 6.07. The highest BCUT2D eigenvalue weighted by atomic mass is 35.5. The van der Waals surface area contributed by atoms with E-state index >= 15 is 0 Å². The van der Waals surface area contributed by atoms with E-state index in [0.29, 0.717) is 18.0 Å². The molecule has 0 saturated carbocycles. The summed E-state index contributed by atoms with van der Waals surface area (Å²) in [5.74, 6) is -0.0697. The minimum absolute atomic E-state index is 0.169. The summed E-state index contributed by atoms with van der Waals surface area (Å²) >= 11 is 5.93. The minimum Gasteiger partial charge on any atom is -0.352 e. The molecule has 7 heteroatoms. The van der Waals surface area contributed by atoms with Crippen molar-refractivity contribution in [1.29, 1.82) is 0 Å². The van der Waals surface area contributed by atoms with E-state index in [1.165, 1.54) is 12.1 Å². The minimum atomic E-state index is -3.89. The van der Waals surface area contributed by atoms with Crippen LogP contribution in [-0.4, -0.2) is 20.9 Å². The maximum absolute atomic E-state index is 12.0. The number of carbonyl (C=O) groups is 1. The molecule has 1 aromatic rings. The van der Waals surface area contributed by atoms with Gasteiger partial charge in [-0.25, -0.2) is 13.6 Å². The number of carbonyl (C=O) groups excluding carboxylic acids is 1. The lowest BCUT2D eigenvalue weighted by atomic mass is 10.1. The van der Waals surface area contributed by atoms with E-state index in [-0.39, 0.29) is 21.4 Å². The maximum Gasteiger partial charge on any atom is 0.251 e. The Morgan fingerprint density at radius 1 is 1.42 bits per heavy atom. The molecular formula is C12H17ClN2O3S. The van der Waals surface area contributed by atoms with Crippen molar-refractivity contribution in [3.05, 3.63) is 28.3 Å². The number of sulfonamides is 1. The van der Waals surface area contributed by atoms with E-state index in [1.54, 1.807) is 6.92 Å². The molecule has 0 aliphatic carbocycles. The third-order valence-corrected chi connectivity index (χ3v) is 3.85. The molecule has 1 amide bonds. The van der Waals surface area contributed by atoms with E-state index in [0.717, 1.165) is 0 Å². The van der Waals surface area contributed by atoms with E-state index < -0.39 is 10.0 Å². The standard InChI is InChI=1S/C12H17ClN2O3S/c1-7(2)6-15-12(16)10-4-9(19(14,17)18)5-11(13)8(10)3/h4-5,7H,6H2,1-3H3,(H,15,16)(H2,14,17,18). The van der Waals surface area contributed by atoms with Gasteiger partial charge in [-0.2, -0.15) is 0 Å². The van der Waals surface area contributed by atoms with Crippen LogP contribution in [0, 0.1) is 12.8 Å². The number of amides is 1. The second-order valence-electron chi connectivity index (χ2n) is 4.73.